The molecule has 2 atom stereocenters. The van der Waals surface area contributed by atoms with Crippen LogP contribution in [-0.2, 0) is 9.53 Å². The van der Waals surface area contributed by atoms with Crippen molar-refractivity contribution in [2.24, 2.45) is 17.8 Å². The Bertz CT molecular complexity index is 246. The van der Waals surface area contributed by atoms with Gasteiger partial charge in [0, 0.05) is 6.42 Å². The molecule has 0 aliphatic heterocycles. The zero-order valence-corrected chi connectivity index (χ0v) is 14.6. The van der Waals surface area contributed by atoms with E-state index in [2.05, 4.69) is 41.5 Å². The zero-order chi connectivity index (χ0) is 15.5. The smallest absolute Gasteiger partial charge is 0.306 e. The van der Waals surface area contributed by atoms with E-state index in [1.807, 2.05) is 0 Å². The van der Waals surface area contributed by atoms with Gasteiger partial charge in [-0.3, -0.25) is 4.79 Å². The van der Waals surface area contributed by atoms with Crippen LogP contribution in [0.25, 0.3) is 0 Å². The Morgan fingerprint density at radius 2 is 1.55 bits per heavy atom. The highest BCUT2D eigenvalue weighted by Crippen LogP contribution is 2.19. The van der Waals surface area contributed by atoms with E-state index in [9.17, 15) is 4.79 Å². The number of hydrogen-bond donors (Lipinski definition) is 0. The van der Waals surface area contributed by atoms with Crippen LogP contribution in [-0.4, -0.2) is 12.1 Å². The lowest BCUT2D eigenvalue weighted by molar-refractivity contribution is -0.150. The van der Waals surface area contributed by atoms with Gasteiger partial charge in [0.2, 0.25) is 0 Å². The molecule has 0 aliphatic rings. The Kier molecular flexibility index (Phi) is 10.9. The molecule has 0 rings (SSSR count). The maximum absolute atomic E-state index is 11.7. The number of esters is 1. The Balaban J connectivity index is 3.81. The molecule has 0 aromatic carbocycles. The normalized spacial score (nSPS) is 14.6. The molecule has 0 N–H and O–H groups in total. The van der Waals surface area contributed by atoms with Crippen LogP contribution < -0.4 is 0 Å². The molecule has 0 saturated carbocycles. The molecule has 0 aliphatic carbocycles. The molecule has 0 aromatic rings. The Hall–Kier alpha value is -0.530. The van der Waals surface area contributed by atoms with Gasteiger partial charge in [-0.25, -0.2) is 0 Å². The van der Waals surface area contributed by atoms with Crippen LogP contribution in [0.15, 0.2) is 0 Å². The van der Waals surface area contributed by atoms with Crippen LogP contribution in [0.1, 0.15) is 86.5 Å². The van der Waals surface area contributed by atoms with Crippen molar-refractivity contribution in [3.8, 4) is 0 Å². The highest BCUT2D eigenvalue weighted by Gasteiger charge is 2.14. The summed E-state index contributed by atoms with van der Waals surface area (Å²) < 4.78 is 5.55. The summed E-state index contributed by atoms with van der Waals surface area (Å²) in [6.45, 7) is 13.1. The van der Waals surface area contributed by atoms with Crippen molar-refractivity contribution in [1.82, 2.24) is 0 Å². The summed E-state index contributed by atoms with van der Waals surface area (Å²) in [6.07, 6.45) is 7.69. The third-order valence-electron chi connectivity index (χ3n) is 3.79. The largest absolute Gasteiger partial charge is 0.462 e. The minimum atomic E-state index is -0.0280. The SMILES string of the molecule is CCC(CCCC(C)CCC(C)C)OC(=O)CC(C)C. The molecule has 0 heterocycles. The van der Waals surface area contributed by atoms with Crippen molar-refractivity contribution in [2.45, 2.75) is 92.6 Å². The molecule has 0 amide bonds. The molecule has 0 radical (unpaired) electrons. The van der Waals surface area contributed by atoms with E-state index in [4.69, 9.17) is 4.74 Å². The molecule has 2 heteroatoms. The van der Waals surface area contributed by atoms with Crippen LogP contribution in [0.2, 0.25) is 0 Å². The van der Waals surface area contributed by atoms with Crippen LogP contribution in [0.4, 0.5) is 0 Å². The molecule has 0 bridgehead atoms. The Morgan fingerprint density at radius 1 is 0.900 bits per heavy atom. The Labute approximate surface area is 126 Å². The van der Waals surface area contributed by atoms with Crippen molar-refractivity contribution in [3.05, 3.63) is 0 Å². The molecule has 120 valence electrons. The standard InChI is InChI=1S/C18H36O2/c1-7-17(20-18(19)13-15(4)5)10-8-9-16(6)12-11-14(2)3/h14-17H,7-13H2,1-6H3. The van der Waals surface area contributed by atoms with Gasteiger partial charge in [0.25, 0.3) is 0 Å². The fourth-order valence-electron chi connectivity index (χ4n) is 2.37. The maximum atomic E-state index is 11.7. The molecular weight excluding hydrogens is 248 g/mol. The quantitative estimate of drug-likeness (QED) is 0.462. The monoisotopic (exact) mass is 284 g/mol. The van der Waals surface area contributed by atoms with E-state index in [-0.39, 0.29) is 12.1 Å². The molecular formula is C18H36O2. The summed E-state index contributed by atoms with van der Waals surface area (Å²) in [7, 11) is 0. The minimum Gasteiger partial charge on any atom is -0.462 e. The van der Waals surface area contributed by atoms with Crippen molar-refractivity contribution >= 4 is 5.97 Å². The van der Waals surface area contributed by atoms with Gasteiger partial charge < -0.3 is 4.74 Å². The Morgan fingerprint density at radius 3 is 2.05 bits per heavy atom. The number of ether oxygens (including phenoxy) is 1. The van der Waals surface area contributed by atoms with Crippen molar-refractivity contribution in [2.75, 3.05) is 0 Å². The molecule has 0 saturated heterocycles. The van der Waals surface area contributed by atoms with E-state index in [0.717, 1.165) is 24.7 Å². The maximum Gasteiger partial charge on any atom is 0.306 e. The molecule has 0 aromatic heterocycles. The lowest BCUT2D eigenvalue weighted by Gasteiger charge is -2.18. The van der Waals surface area contributed by atoms with Gasteiger partial charge in [0.15, 0.2) is 0 Å². The van der Waals surface area contributed by atoms with E-state index < -0.39 is 0 Å². The molecule has 2 nitrogen and oxygen atoms in total. The second-order valence-electron chi connectivity index (χ2n) is 7.13. The van der Waals surface area contributed by atoms with E-state index in [1.165, 1.54) is 25.7 Å². The van der Waals surface area contributed by atoms with Gasteiger partial charge in [-0.15, -0.1) is 0 Å². The van der Waals surface area contributed by atoms with Crippen LogP contribution in [0.3, 0.4) is 0 Å². The van der Waals surface area contributed by atoms with Gasteiger partial charge >= 0.3 is 5.97 Å². The summed E-state index contributed by atoms with van der Waals surface area (Å²) in [5.41, 5.74) is 0. The fourth-order valence-corrected chi connectivity index (χ4v) is 2.37. The lowest BCUT2D eigenvalue weighted by Crippen LogP contribution is -2.18. The molecule has 0 spiro atoms. The second kappa shape index (κ2) is 11.2. The first kappa shape index (κ1) is 19.5. The first-order valence-corrected chi connectivity index (χ1v) is 8.54. The fraction of sp³-hybridized carbons (Fsp3) is 0.944. The third kappa shape index (κ3) is 11.3. The van der Waals surface area contributed by atoms with E-state index in [1.54, 1.807) is 0 Å². The van der Waals surface area contributed by atoms with Crippen LogP contribution in [0.5, 0.6) is 0 Å². The first-order chi connectivity index (χ1) is 9.35. The summed E-state index contributed by atoms with van der Waals surface area (Å²) in [5, 5.41) is 0. The van der Waals surface area contributed by atoms with Crippen LogP contribution in [0, 0.1) is 17.8 Å². The van der Waals surface area contributed by atoms with Gasteiger partial charge in [0.1, 0.15) is 6.10 Å². The van der Waals surface area contributed by atoms with Crippen LogP contribution >= 0.6 is 0 Å². The number of carbonyl (C=O) groups excluding carboxylic acids is 1. The third-order valence-corrected chi connectivity index (χ3v) is 3.79. The average molecular weight is 284 g/mol. The summed E-state index contributed by atoms with van der Waals surface area (Å²) in [4.78, 5) is 11.7. The number of rotatable bonds is 11. The summed E-state index contributed by atoms with van der Waals surface area (Å²) >= 11 is 0. The second-order valence-corrected chi connectivity index (χ2v) is 7.13. The first-order valence-electron chi connectivity index (χ1n) is 8.54. The highest BCUT2D eigenvalue weighted by atomic mass is 16.5. The zero-order valence-electron chi connectivity index (χ0n) is 14.6. The van der Waals surface area contributed by atoms with Crippen molar-refractivity contribution in [1.29, 1.82) is 0 Å². The summed E-state index contributed by atoms with van der Waals surface area (Å²) in [6, 6.07) is 0. The highest BCUT2D eigenvalue weighted by molar-refractivity contribution is 5.69. The van der Waals surface area contributed by atoms with Crippen molar-refractivity contribution in [3.63, 3.8) is 0 Å². The van der Waals surface area contributed by atoms with Gasteiger partial charge in [-0.1, -0.05) is 60.8 Å². The van der Waals surface area contributed by atoms with Crippen molar-refractivity contribution < 1.29 is 9.53 Å². The minimum absolute atomic E-state index is 0.0280. The molecule has 20 heavy (non-hydrogen) atoms. The number of hydrogen-bond acceptors (Lipinski definition) is 2. The summed E-state index contributed by atoms with van der Waals surface area (Å²) in [5.74, 6) is 1.95. The molecule has 0 fully saturated rings. The average Bonchev–Trinajstić information content (AvgIpc) is 2.34. The van der Waals surface area contributed by atoms with Gasteiger partial charge in [-0.05, 0) is 37.0 Å². The predicted molar refractivity (Wildman–Crippen MR) is 86.7 cm³/mol. The number of carbonyl (C=O) groups is 1. The predicted octanol–water partition coefficient (Wildman–Crippen LogP) is 5.60. The molecule has 2 unspecified atom stereocenters. The topological polar surface area (TPSA) is 26.3 Å². The van der Waals surface area contributed by atoms with E-state index >= 15 is 0 Å². The van der Waals surface area contributed by atoms with Gasteiger partial charge in [-0.2, -0.15) is 0 Å². The lowest BCUT2D eigenvalue weighted by atomic mass is 9.94. The van der Waals surface area contributed by atoms with E-state index in [0.29, 0.717) is 12.3 Å². The van der Waals surface area contributed by atoms with Gasteiger partial charge in [0.05, 0.1) is 0 Å².